The molecule has 2 heterocycles. The third-order valence-electron chi connectivity index (χ3n) is 3.48. The quantitative estimate of drug-likeness (QED) is 0.892. The first-order valence-electron chi connectivity index (χ1n) is 6.39. The first-order valence-corrected chi connectivity index (χ1v) is 6.39. The number of aromatic nitrogens is 2. The molecule has 0 aromatic carbocycles. The largest absolute Gasteiger partial charge is 0.477 e. The Morgan fingerprint density at radius 2 is 2.26 bits per heavy atom. The van der Waals surface area contributed by atoms with Crippen LogP contribution in [0.15, 0.2) is 6.07 Å². The van der Waals surface area contributed by atoms with Gasteiger partial charge in [-0.2, -0.15) is 0 Å². The Kier molecular flexibility index (Phi) is 3.99. The van der Waals surface area contributed by atoms with E-state index in [1.807, 2.05) is 0 Å². The van der Waals surface area contributed by atoms with Gasteiger partial charge in [-0.15, -0.1) is 0 Å². The molecule has 1 aromatic rings. The molecular weight excluding hydrogens is 246 g/mol. The van der Waals surface area contributed by atoms with E-state index in [4.69, 9.17) is 9.84 Å². The summed E-state index contributed by atoms with van der Waals surface area (Å²) in [6, 6.07) is 1.72. The maximum Gasteiger partial charge on any atom is 0.354 e. The molecule has 1 saturated heterocycles. The zero-order chi connectivity index (χ0) is 14.0. The van der Waals surface area contributed by atoms with Crippen molar-refractivity contribution in [3.8, 4) is 0 Å². The zero-order valence-electron chi connectivity index (χ0n) is 11.5. The minimum atomic E-state index is -1.02. The molecule has 1 aliphatic rings. The number of carbonyl (C=O) groups is 1. The number of anilines is 1. The smallest absolute Gasteiger partial charge is 0.354 e. The van der Waals surface area contributed by atoms with Crippen molar-refractivity contribution >= 4 is 11.9 Å². The molecule has 2 unspecified atom stereocenters. The summed E-state index contributed by atoms with van der Waals surface area (Å²) in [5, 5.41) is 9.05. The summed E-state index contributed by atoms with van der Waals surface area (Å²) in [6.45, 7) is 4.64. The van der Waals surface area contributed by atoms with E-state index < -0.39 is 5.97 Å². The standard InChI is InChI=1S/C13H19N3O3/c1-8-6-11(12(17)18)15-13(14-8)16-5-4-10(19-3)7-9(16)2/h6,9-10H,4-5,7H2,1-3H3,(H,17,18). The number of carboxylic acids is 1. The minimum Gasteiger partial charge on any atom is -0.477 e. The van der Waals surface area contributed by atoms with Gasteiger partial charge < -0.3 is 14.7 Å². The Hall–Kier alpha value is -1.69. The highest BCUT2D eigenvalue weighted by Crippen LogP contribution is 2.23. The molecule has 2 rings (SSSR count). The first-order chi connectivity index (χ1) is 9.01. The van der Waals surface area contributed by atoms with E-state index in [0.29, 0.717) is 11.6 Å². The van der Waals surface area contributed by atoms with Crippen molar-refractivity contribution < 1.29 is 14.6 Å². The van der Waals surface area contributed by atoms with Crippen LogP contribution < -0.4 is 4.90 Å². The second-order valence-corrected chi connectivity index (χ2v) is 4.92. The summed E-state index contributed by atoms with van der Waals surface area (Å²) >= 11 is 0. The Morgan fingerprint density at radius 3 is 2.84 bits per heavy atom. The lowest BCUT2D eigenvalue weighted by Gasteiger charge is -2.37. The van der Waals surface area contributed by atoms with Gasteiger partial charge in [-0.25, -0.2) is 14.8 Å². The number of piperidine rings is 1. The highest BCUT2D eigenvalue weighted by Gasteiger charge is 2.27. The predicted octanol–water partition coefficient (Wildman–Crippen LogP) is 1.49. The van der Waals surface area contributed by atoms with Gasteiger partial charge in [0, 0.05) is 25.4 Å². The summed E-state index contributed by atoms with van der Waals surface area (Å²) in [7, 11) is 1.72. The van der Waals surface area contributed by atoms with Crippen LogP contribution in [-0.2, 0) is 4.74 Å². The summed E-state index contributed by atoms with van der Waals surface area (Å²) < 4.78 is 5.37. The minimum absolute atomic E-state index is 0.0450. The highest BCUT2D eigenvalue weighted by atomic mass is 16.5. The molecule has 0 spiro atoms. The lowest BCUT2D eigenvalue weighted by molar-refractivity contribution is 0.0685. The lowest BCUT2D eigenvalue weighted by atomic mass is 10.0. The van der Waals surface area contributed by atoms with Crippen molar-refractivity contribution in [3.63, 3.8) is 0 Å². The SMILES string of the molecule is COC1CCN(c2nc(C)cc(C(=O)O)n2)C(C)C1. The highest BCUT2D eigenvalue weighted by molar-refractivity contribution is 5.85. The average molecular weight is 265 g/mol. The molecule has 0 aliphatic carbocycles. The number of nitrogens with zero attached hydrogens (tertiary/aromatic N) is 3. The van der Waals surface area contributed by atoms with Crippen LogP contribution in [0.4, 0.5) is 5.95 Å². The molecule has 0 saturated carbocycles. The van der Waals surface area contributed by atoms with Crippen molar-refractivity contribution in [1.29, 1.82) is 0 Å². The van der Waals surface area contributed by atoms with Crippen molar-refractivity contribution in [2.45, 2.75) is 38.8 Å². The van der Waals surface area contributed by atoms with Gasteiger partial charge in [0.1, 0.15) is 0 Å². The third-order valence-corrected chi connectivity index (χ3v) is 3.48. The summed E-state index contributed by atoms with van der Waals surface area (Å²) in [4.78, 5) is 21.6. The molecule has 1 fully saturated rings. The van der Waals surface area contributed by atoms with Gasteiger partial charge in [0.15, 0.2) is 5.69 Å². The predicted molar refractivity (Wildman–Crippen MR) is 70.6 cm³/mol. The van der Waals surface area contributed by atoms with Gasteiger partial charge in [-0.05, 0) is 32.8 Å². The number of methoxy groups -OCH3 is 1. The van der Waals surface area contributed by atoms with Gasteiger partial charge >= 0.3 is 5.97 Å². The number of ether oxygens (including phenoxy) is 1. The normalized spacial score (nSPS) is 23.4. The van der Waals surface area contributed by atoms with Gasteiger partial charge in [0.05, 0.1) is 6.10 Å². The molecule has 0 bridgehead atoms. The number of rotatable bonds is 3. The van der Waals surface area contributed by atoms with E-state index in [-0.39, 0.29) is 17.8 Å². The average Bonchev–Trinajstić information content (AvgIpc) is 2.37. The van der Waals surface area contributed by atoms with E-state index >= 15 is 0 Å². The second-order valence-electron chi connectivity index (χ2n) is 4.92. The maximum absolute atomic E-state index is 11.0. The number of hydrogen-bond donors (Lipinski definition) is 1. The topological polar surface area (TPSA) is 75.5 Å². The van der Waals surface area contributed by atoms with E-state index in [2.05, 4.69) is 21.8 Å². The van der Waals surface area contributed by atoms with Crippen molar-refractivity contribution in [2.75, 3.05) is 18.6 Å². The van der Waals surface area contributed by atoms with E-state index in [1.165, 1.54) is 6.07 Å². The second kappa shape index (κ2) is 5.52. The Labute approximate surface area is 112 Å². The fourth-order valence-electron chi connectivity index (χ4n) is 2.43. The first kappa shape index (κ1) is 13.7. The lowest BCUT2D eigenvalue weighted by Crippen LogP contribution is -2.44. The number of aromatic carboxylic acids is 1. The van der Waals surface area contributed by atoms with E-state index in [1.54, 1.807) is 14.0 Å². The molecule has 104 valence electrons. The fourth-order valence-corrected chi connectivity index (χ4v) is 2.43. The van der Waals surface area contributed by atoms with Crippen LogP contribution in [0.1, 0.15) is 35.9 Å². The molecular formula is C13H19N3O3. The van der Waals surface area contributed by atoms with Crippen LogP contribution in [0, 0.1) is 6.92 Å². The molecule has 1 aromatic heterocycles. The van der Waals surface area contributed by atoms with Crippen molar-refractivity contribution in [3.05, 3.63) is 17.5 Å². The third kappa shape index (κ3) is 3.01. The Bertz CT molecular complexity index is 478. The van der Waals surface area contributed by atoms with Gasteiger partial charge in [0.25, 0.3) is 0 Å². The molecule has 6 nitrogen and oxygen atoms in total. The molecule has 0 radical (unpaired) electrons. The zero-order valence-corrected chi connectivity index (χ0v) is 11.5. The molecule has 6 heteroatoms. The van der Waals surface area contributed by atoms with E-state index in [0.717, 1.165) is 19.4 Å². The van der Waals surface area contributed by atoms with Crippen LogP contribution in [0.3, 0.4) is 0 Å². The molecule has 19 heavy (non-hydrogen) atoms. The molecule has 2 atom stereocenters. The van der Waals surface area contributed by atoms with Crippen LogP contribution >= 0.6 is 0 Å². The summed E-state index contributed by atoms with van der Waals surface area (Å²) in [6.07, 6.45) is 2.06. The fraction of sp³-hybridized carbons (Fsp3) is 0.615. The molecule has 1 N–H and O–H groups in total. The monoisotopic (exact) mass is 265 g/mol. The molecule has 1 aliphatic heterocycles. The van der Waals surface area contributed by atoms with Gasteiger partial charge in [-0.3, -0.25) is 0 Å². The Morgan fingerprint density at radius 1 is 1.53 bits per heavy atom. The van der Waals surface area contributed by atoms with Crippen LogP contribution in [0.2, 0.25) is 0 Å². The van der Waals surface area contributed by atoms with Crippen LogP contribution in [-0.4, -0.2) is 46.8 Å². The number of aryl methyl sites for hydroxylation is 1. The molecule has 0 amide bonds. The Balaban J connectivity index is 2.24. The summed E-state index contributed by atoms with van der Waals surface area (Å²) in [5.74, 6) is -0.523. The number of hydrogen-bond acceptors (Lipinski definition) is 5. The maximum atomic E-state index is 11.0. The van der Waals surface area contributed by atoms with Crippen LogP contribution in [0.25, 0.3) is 0 Å². The van der Waals surface area contributed by atoms with Gasteiger partial charge in [-0.1, -0.05) is 0 Å². The van der Waals surface area contributed by atoms with Crippen molar-refractivity contribution in [2.24, 2.45) is 0 Å². The van der Waals surface area contributed by atoms with Gasteiger partial charge in [0.2, 0.25) is 5.95 Å². The van der Waals surface area contributed by atoms with E-state index in [9.17, 15) is 4.79 Å². The van der Waals surface area contributed by atoms with Crippen molar-refractivity contribution in [1.82, 2.24) is 9.97 Å². The van der Waals surface area contributed by atoms with Crippen LogP contribution in [0.5, 0.6) is 0 Å². The number of carboxylic acid groups (broad SMARTS) is 1. The summed E-state index contributed by atoms with van der Waals surface area (Å²) in [5.41, 5.74) is 0.715.